The number of carbonyl (C=O) groups excluding carboxylic acids is 2. The van der Waals surface area contributed by atoms with E-state index in [0.717, 1.165) is 16.4 Å². The highest BCUT2D eigenvalue weighted by atomic mass is 32.2. The normalized spacial score (nSPS) is 16.1. The smallest absolute Gasteiger partial charge is 0.427 e. The van der Waals surface area contributed by atoms with Crippen LogP contribution < -0.4 is 19.7 Å². The minimum atomic E-state index is -4.86. The van der Waals surface area contributed by atoms with Gasteiger partial charge in [-0.1, -0.05) is 0 Å². The maximum atomic E-state index is 14.0. The number of fused-ring (bicyclic) bond motifs is 1. The number of hydrogen-bond acceptors (Lipinski definition) is 6. The number of alkyl halides is 3. The predicted molar refractivity (Wildman–Crippen MR) is 134 cm³/mol. The van der Waals surface area contributed by atoms with Crippen molar-refractivity contribution in [3.63, 3.8) is 0 Å². The molecule has 0 spiro atoms. The first-order valence-corrected chi connectivity index (χ1v) is 13.3. The third-order valence-corrected chi connectivity index (χ3v) is 7.67. The third kappa shape index (κ3) is 6.92. The minimum absolute atomic E-state index is 0.00979. The second-order valence-corrected chi connectivity index (χ2v) is 12.2. The first-order valence-electron chi connectivity index (χ1n) is 11.9. The van der Waals surface area contributed by atoms with Gasteiger partial charge in [0, 0.05) is 24.6 Å². The van der Waals surface area contributed by atoms with Crippen LogP contribution in [0.4, 0.5) is 38.1 Å². The Labute approximate surface area is 227 Å². The molecule has 2 aromatic carbocycles. The summed E-state index contributed by atoms with van der Waals surface area (Å²) in [6.45, 7) is 5.68. The first kappa shape index (κ1) is 30.9. The maximum absolute atomic E-state index is 14.0. The highest BCUT2D eigenvalue weighted by Gasteiger charge is 2.51. The molecule has 0 bridgehead atoms. The summed E-state index contributed by atoms with van der Waals surface area (Å²) < 4.78 is 105. The van der Waals surface area contributed by atoms with Gasteiger partial charge < -0.3 is 14.8 Å². The molecular formula is C25H28F5N3O6S. The molecule has 1 heterocycles. The number of halogens is 5. The van der Waals surface area contributed by atoms with E-state index in [4.69, 9.17) is 4.74 Å². The van der Waals surface area contributed by atoms with Gasteiger partial charge in [-0.25, -0.2) is 22.0 Å². The molecule has 0 radical (unpaired) electrons. The Bertz CT molecular complexity index is 1410. The summed E-state index contributed by atoms with van der Waals surface area (Å²) in [7, 11) is -4.55. The molecule has 0 aliphatic carbocycles. The van der Waals surface area contributed by atoms with Gasteiger partial charge in [0.05, 0.1) is 17.1 Å². The third-order valence-electron chi connectivity index (χ3n) is 5.90. The Hall–Kier alpha value is -3.62. The topological polar surface area (TPSA) is 114 Å². The van der Waals surface area contributed by atoms with E-state index in [1.165, 1.54) is 19.1 Å². The fourth-order valence-corrected chi connectivity index (χ4v) is 5.53. The summed E-state index contributed by atoms with van der Waals surface area (Å²) in [5, 5.41) is 4.85. The second-order valence-electron chi connectivity index (χ2n) is 10.3. The number of amides is 2. The predicted octanol–water partition coefficient (Wildman–Crippen LogP) is 5.12. The van der Waals surface area contributed by atoms with Gasteiger partial charge in [-0.2, -0.15) is 13.2 Å². The average Bonchev–Trinajstić information content (AvgIpc) is 2.78. The Morgan fingerprint density at radius 1 is 1.05 bits per heavy atom. The molecule has 1 unspecified atom stereocenters. The summed E-state index contributed by atoms with van der Waals surface area (Å²) in [4.78, 5) is 23.2. The van der Waals surface area contributed by atoms with Crippen LogP contribution in [0.3, 0.4) is 0 Å². The SMILES string of the molecule is CC(=O)NC(C)(C)CC1CN(S(=O)(=O)c2ccc(F)c(F)c2)c2cc(NC(=O)OC(C)(C)C(F)(F)F)ccc2O1. The number of sulfonamides is 1. The largest absolute Gasteiger partial charge is 0.486 e. The van der Waals surface area contributed by atoms with E-state index in [2.05, 4.69) is 15.4 Å². The molecule has 40 heavy (non-hydrogen) atoms. The Balaban J connectivity index is 2.00. The Kier molecular flexibility index (Phi) is 8.31. The number of nitrogens with zero attached hydrogens (tertiary/aromatic N) is 1. The fraction of sp³-hybridized carbons (Fsp3) is 0.440. The molecule has 0 fully saturated rings. The molecule has 0 saturated heterocycles. The molecule has 1 aliphatic rings. The van der Waals surface area contributed by atoms with E-state index in [1.54, 1.807) is 13.8 Å². The van der Waals surface area contributed by atoms with Gasteiger partial charge in [-0.15, -0.1) is 0 Å². The zero-order chi connectivity index (χ0) is 30.3. The van der Waals surface area contributed by atoms with Gasteiger partial charge in [0.2, 0.25) is 11.5 Å². The molecule has 220 valence electrons. The van der Waals surface area contributed by atoms with E-state index in [0.29, 0.717) is 26.0 Å². The van der Waals surface area contributed by atoms with Crippen molar-refractivity contribution in [2.24, 2.45) is 0 Å². The lowest BCUT2D eigenvalue weighted by molar-refractivity contribution is -0.242. The van der Waals surface area contributed by atoms with Crippen molar-refractivity contribution in [1.29, 1.82) is 0 Å². The van der Waals surface area contributed by atoms with Crippen LogP contribution in [-0.4, -0.2) is 50.4 Å². The summed E-state index contributed by atoms with van der Waals surface area (Å²) in [5.41, 5.74) is -3.91. The van der Waals surface area contributed by atoms with E-state index < -0.39 is 56.1 Å². The molecule has 3 rings (SSSR count). The number of rotatable bonds is 7. The maximum Gasteiger partial charge on any atom is 0.427 e. The van der Waals surface area contributed by atoms with Crippen LogP contribution in [-0.2, 0) is 19.6 Å². The first-order chi connectivity index (χ1) is 18.2. The summed E-state index contributed by atoms with van der Waals surface area (Å²) in [6.07, 6.45) is -7.01. The molecule has 1 aliphatic heterocycles. The van der Waals surface area contributed by atoms with Crippen molar-refractivity contribution >= 4 is 33.4 Å². The van der Waals surface area contributed by atoms with Gasteiger partial charge in [0.15, 0.2) is 11.6 Å². The number of hydrogen-bond donors (Lipinski definition) is 2. The van der Waals surface area contributed by atoms with Gasteiger partial charge in [0.1, 0.15) is 11.9 Å². The number of carbonyl (C=O) groups is 2. The van der Waals surface area contributed by atoms with Crippen molar-refractivity contribution in [2.75, 3.05) is 16.2 Å². The Morgan fingerprint density at radius 2 is 1.70 bits per heavy atom. The average molecular weight is 594 g/mol. The van der Waals surface area contributed by atoms with Crippen LogP contribution in [0.2, 0.25) is 0 Å². The zero-order valence-corrected chi connectivity index (χ0v) is 23.0. The molecule has 2 amide bonds. The Morgan fingerprint density at radius 3 is 2.27 bits per heavy atom. The van der Waals surface area contributed by atoms with Crippen molar-refractivity contribution in [2.45, 2.75) is 69.4 Å². The van der Waals surface area contributed by atoms with Gasteiger partial charge >= 0.3 is 12.3 Å². The van der Waals surface area contributed by atoms with Crippen LogP contribution in [0.25, 0.3) is 0 Å². The van der Waals surface area contributed by atoms with Gasteiger partial charge in [-0.3, -0.25) is 14.4 Å². The number of ether oxygens (including phenoxy) is 2. The zero-order valence-electron chi connectivity index (χ0n) is 22.2. The van der Waals surface area contributed by atoms with Crippen LogP contribution in [0.1, 0.15) is 41.0 Å². The lowest BCUT2D eigenvalue weighted by atomic mass is 9.95. The molecular weight excluding hydrogens is 565 g/mol. The number of anilines is 2. The highest BCUT2D eigenvalue weighted by molar-refractivity contribution is 7.92. The monoisotopic (exact) mass is 593 g/mol. The number of nitrogens with one attached hydrogen (secondary N) is 2. The second kappa shape index (κ2) is 10.7. The lowest BCUT2D eigenvalue weighted by Gasteiger charge is -2.39. The quantitative estimate of drug-likeness (QED) is 0.431. The van der Waals surface area contributed by atoms with Crippen LogP contribution in [0.15, 0.2) is 41.3 Å². The van der Waals surface area contributed by atoms with Gasteiger partial charge in [0.25, 0.3) is 10.0 Å². The molecule has 2 aromatic rings. The van der Waals surface area contributed by atoms with E-state index in [-0.39, 0.29) is 36.0 Å². The van der Waals surface area contributed by atoms with Crippen molar-refractivity contribution < 1.29 is 49.4 Å². The fourth-order valence-electron chi connectivity index (χ4n) is 4.02. The van der Waals surface area contributed by atoms with E-state index >= 15 is 0 Å². The van der Waals surface area contributed by atoms with Crippen LogP contribution in [0, 0.1) is 11.6 Å². The molecule has 2 N–H and O–H groups in total. The molecule has 0 aromatic heterocycles. The minimum Gasteiger partial charge on any atom is -0.486 e. The van der Waals surface area contributed by atoms with E-state index in [9.17, 15) is 40.0 Å². The van der Waals surface area contributed by atoms with Crippen molar-refractivity contribution in [1.82, 2.24) is 5.32 Å². The number of benzene rings is 2. The molecule has 1 atom stereocenters. The highest BCUT2D eigenvalue weighted by Crippen LogP contribution is 2.41. The van der Waals surface area contributed by atoms with Crippen molar-refractivity contribution in [3.05, 3.63) is 48.0 Å². The van der Waals surface area contributed by atoms with Crippen LogP contribution in [0.5, 0.6) is 5.75 Å². The summed E-state index contributed by atoms with van der Waals surface area (Å²) in [5.74, 6) is -2.98. The van der Waals surface area contributed by atoms with Gasteiger partial charge in [-0.05, 0) is 64.1 Å². The molecule has 15 heteroatoms. The molecule has 9 nitrogen and oxygen atoms in total. The lowest BCUT2D eigenvalue weighted by Crippen LogP contribution is -2.50. The summed E-state index contributed by atoms with van der Waals surface area (Å²) in [6, 6.07) is 5.70. The standard InChI is InChI=1S/C25H28F5N3O6S/c1-14(34)32-23(2,3)12-16-13-33(40(36,37)17-7-8-18(26)19(27)11-17)20-10-15(6-9-21(20)38-16)31-22(35)39-24(4,5)25(28,29)30/h6-11,16H,12-13H2,1-5H3,(H,31,35)(H,32,34). The van der Waals surface area contributed by atoms with E-state index in [1.807, 2.05) is 0 Å². The van der Waals surface area contributed by atoms with Crippen LogP contribution >= 0.6 is 0 Å². The molecule has 0 saturated carbocycles. The van der Waals surface area contributed by atoms with Crippen molar-refractivity contribution in [3.8, 4) is 5.75 Å². The summed E-state index contributed by atoms with van der Waals surface area (Å²) >= 11 is 0.